The van der Waals surface area contributed by atoms with Gasteiger partial charge in [-0.15, -0.1) is 11.6 Å². The van der Waals surface area contributed by atoms with Gasteiger partial charge >= 0.3 is 0 Å². The number of rotatable bonds is 9. The third-order valence-corrected chi connectivity index (χ3v) is 2.76. The predicted molar refractivity (Wildman–Crippen MR) is 64.7 cm³/mol. The Kier molecular flexibility index (Phi) is 8.43. The van der Waals surface area contributed by atoms with Gasteiger partial charge in [-0.1, -0.05) is 0 Å². The van der Waals surface area contributed by atoms with Gasteiger partial charge in [-0.25, -0.2) is 0 Å². The minimum absolute atomic E-state index is 0.0579. The molecule has 0 aliphatic rings. The molecule has 0 bridgehead atoms. The van der Waals surface area contributed by atoms with Gasteiger partial charge in [0.1, 0.15) is 0 Å². The van der Waals surface area contributed by atoms with Crippen LogP contribution in [0.4, 0.5) is 0 Å². The summed E-state index contributed by atoms with van der Waals surface area (Å²) in [5.74, 6) is 0.664. The fourth-order valence-electron chi connectivity index (χ4n) is 1.20. The third-order valence-electron chi connectivity index (χ3n) is 2.60. The lowest BCUT2D eigenvalue weighted by Crippen LogP contribution is -2.35. The van der Waals surface area contributed by atoms with E-state index in [1.165, 1.54) is 0 Å². The molecule has 0 unspecified atom stereocenters. The van der Waals surface area contributed by atoms with E-state index in [0.29, 0.717) is 5.88 Å². The van der Waals surface area contributed by atoms with E-state index >= 15 is 0 Å². The van der Waals surface area contributed by atoms with Gasteiger partial charge in [-0.3, -0.25) is 4.90 Å². The van der Waals surface area contributed by atoms with Crippen LogP contribution in [0.15, 0.2) is 0 Å². The van der Waals surface area contributed by atoms with E-state index < -0.39 is 0 Å². The van der Waals surface area contributed by atoms with Gasteiger partial charge in [0.25, 0.3) is 0 Å². The molecule has 15 heavy (non-hydrogen) atoms. The Morgan fingerprint density at radius 1 is 1.13 bits per heavy atom. The minimum Gasteiger partial charge on any atom is -0.383 e. The molecular weight excluding hydrogens is 214 g/mol. The van der Waals surface area contributed by atoms with Gasteiger partial charge in [0.2, 0.25) is 0 Å². The minimum atomic E-state index is -0.0579. The van der Waals surface area contributed by atoms with Crippen LogP contribution in [0.5, 0.6) is 0 Å². The Morgan fingerprint density at radius 3 is 2.27 bits per heavy atom. The fraction of sp³-hybridized carbons (Fsp3) is 1.00. The summed E-state index contributed by atoms with van der Waals surface area (Å²) in [7, 11) is 3.47. The number of ether oxygens (including phenoxy) is 2. The van der Waals surface area contributed by atoms with Crippen molar-refractivity contribution in [2.24, 2.45) is 0 Å². The molecule has 0 fully saturated rings. The highest BCUT2D eigenvalue weighted by Crippen LogP contribution is 2.13. The first-order valence-corrected chi connectivity index (χ1v) is 5.91. The molecular formula is C11H24ClNO2. The molecule has 0 spiro atoms. The van der Waals surface area contributed by atoms with Crippen LogP contribution >= 0.6 is 11.6 Å². The zero-order valence-electron chi connectivity index (χ0n) is 10.4. The lowest BCUT2D eigenvalue weighted by molar-refractivity contribution is 0.00624. The van der Waals surface area contributed by atoms with Gasteiger partial charge in [-0.2, -0.15) is 0 Å². The molecule has 0 radical (unpaired) electrons. The average Bonchev–Trinajstić information content (AvgIpc) is 2.22. The van der Waals surface area contributed by atoms with Gasteiger partial charge in [0.05, 0.1) is 12.2 Å². The Balaban J connectivity index is 3.83. The average molecular weight is 238 g/mol. The number of nitrogens with zero attached hydrogens (tertiary/aromatic N) is 1. The summed E-state index contributed by atoms with van der Waals surface area (Å²) in [6.45, 7) is 7.79. The van der Waals surface area contributed by atoms with Crippen molar-refractivity contribution in [3.05, 3.63) is 0 Å². The quantitative estimate of drug-likeness (QED) is 0.573. The zero-order valence-corrected chi connectivity index (χ0v) is 11.1. The molecule has 0 aliphatic carbocycles. The molecule has 0 saturated carbocycles. The first kappa shape index (κ1) is 15.2. The lowest BCUT2D eigenvalue weighted by Gasteiger charge is -2.27. The molecule has 0 heterocycles. The summed E-state index contributed by atoms with van der Waals surface area (Å²) >= 11 is 5.75. The molecule has 0 aromatic heterocycles. The molecule has 0 aliphatic heterocycles. The van der Waals surface area contributed by atoms with Crippen molar-refractivity contribution in [3.8, 4) is 0 Å². The Bertz CT molecular complexity index is 154. The second kappa shape index (κ2) is 8.34. The molecule has 0 aromatic carbocycles. The molecule has 4 heteroatoms. The number of methoxy groups -OCH3 is 2. The smallest absolute Gasteiger partial charge is 0.0634 e. The SMILES string of the molecule is COCCN(CCCl)CCC(C)(C)OC. The van der Waals surface area contributed by atoms with E-state index in [4.69, 9.17) is 21.1 Å². The predicted octanol–water partition coefficient (Wildman–Crippen LogP) is 1.99. The highest BCUT2D eigenvalue weighted by atomic mass is 35.5. The van der Waals surface area contributed by atoms with E-state index in [-0.39, 0.29) is 5.60 Å². The zero-order chi connectivity index (χ0) is 11.7. The Labute approximate surface area is 98.7 Å². The van der Waals surface area contributed by atoms with Crippen LogP contribution in [-0.4, -0.2) is 56.8 Å². The van der Waals surface area contributed by atoms with Gasteiger partial charge in [0.15, 0.2) is 0 Å². The molecule has 0 atom stereocenters. The molecule has 0 aromatic rings. The van der Waals surface area contributed by atoms with Crippen LogP contribution in [0.2, 0.25) is 0 Å². The summed E-state index contributed by atoms with van der Waals surface area (Å²) in [5, 5.41) is 0. The number of hydrogen-bond donors (Lipinski definition) is 0. The molecule has 3 nitrogen and oxygen atoms in total. The Hall–Kier alpha value is 0.170. The van der Waals surface area contributed by atoms with E-state index in [1.54, 1.807) is 14.2 Å². The Morgan fingerprint density at radius 2 is 1.80 bits per heavy atom. The summed E-state index contributed by atoms with van der Waals surface area (Å²) in [6.07, 6.45) is 1.00. The van der Waals surface area contributed by atoms with Crippen molar-refractivity contribution in [2.45, 2.75) is 25.9 Å². The van der Waals surface area contributed by atoms with Crippen molar-refractivity contribution in [2.75, 3.05) is 46.3 Å². The van der Waals surface area contributed by atoms with Crippen molar-refractivity contribution in [1.29, 1.82) is 0 Å². The summed E-state index contributed by atoms with van der Waals surface area (Å²) in [6, 6.07) is 0. The second-order valence-corrected chi connectivity index (χ2v) is 4.62. The number of alkyl halides is 1. The summed E-state index contributed by atoms with van der Waals surface area (Å²) in [5.41, 5.74) is -0.0579. The highest BCUT2D eigenvalue weighted by molar-refractivity contribution is 6.18. The van der Waals surface area contributed by atoms with Gasteiger partial charge in [-0.05, 0) is 20.3 Å². The van der Waals surface area contributed by atoms with E-state index in [0.717, 1.165) is 32.7 Å². The largest absolute Gasteiger partial charge is 0.383 e. The molecule has 0 amide bonds. The maximum absolute atomic E-state index is 5.75. The number of hydrogen-bond acceptors (Lipinski definition) is 3. The van der Waals surface area contributed by atoms with Crippen LogP contribution in [0, 0.1) is 0 Å². The van der Waals surface area contributed by atoms with Crippen LogP contribution in [-0.2, 0) is 9.47 Å². The van der Waals surface area contributed by atoms with Crippen molar-refractivity contribution >= 4 is 11.6 Å². The maximum atomic E-state index is 5.75. The first-order chi connectivity index (χ1) is 7.05. The second-order valence-electron chi connectivity index (χ2n) is 4.24. The normalized spacial score (nSPS) is 12.4. The molecule has 0 saturated heterocycles. The lowest BCUT2D eigenvalue weighted by atomic mass is 10.1. The van der Waals surface area contributed by atoms with Crippen molar-refractivity contribution in [1.82, 2.24) is 4.90 Å². The maximum Gasteiger partial charge on any atom is 0.0634 e. The van der Waals surface area contributed by atoms with E-state index in [1.807, 2.05) is 0 Å². The topological polar surface area (TPSA) is 21.7 Å². The first-order valence-electron chi connectivity index (χ1n) is 5.38. The third kappa shape index (κ3) is 8.03. The highest BCUT2D eigenvalue weighted by Gasteiger charge is 2.17. The van der Waals surface area contributed by atoms with Crippen molar-refractivity contribution in [3.63, 3.8) is 0 Å². The van der Waals surface area contributed by atoms with E-state index in [2.05, 4.69) is 18.7 Å². The molecule has 0 N–H and O–H groups in total. The fourth-order valence-corrected chi connectivity index (χ4v) is 1.44. The molecule has 92 valence electrons. The molecule has 0 rings (SSSR count). The van der Waals surface area contributed by atoms with Gasteiger partial charge in [0, 0.05) is 39.7 Å². The summed E-state index contributed by atoms with van der Waals surface area (Å²) < 4.78 is 10.4. The van der Waals surface area contributed by atoms with Crippen LogP contribution in [0.3, 0.4) is 0 Å². The van der Waals surface area contributed by atoms with E-state index in [9.17, 15) is 0 Å². The van der Waals surface area contributed by atoms with Crippen LogP contribution < -0.4 is 0 Å². The summed E-state index contributed by atoms with van der Waals surface area (Å²) in [4.78, 5) is 2.30. The van der Waals surface area contributed by atoms with Crippen LogP contribution in [0.1, 0.15) is 20.3 Å². The van der Waals surface area contributed by atoms with Crippen LogP contribution in [0.25, 0.3) is 0 Å². The van der Waals surface area contributed by atoms with Gasteiger partial charge < -0.3 is 9.47 Å². The monoisotopic (exact) mass is 237 g/mol. The van der Waals surface area contributed by atoms with Crippen molar-refractivity contribution < 1.29 is 9.47 Å². The number of halogens is 1. The standard InChI is InChI=1S/C11H24ClNO2/c1-11(2,15-4)5-7-13(8-6-12)9-10-14-3/h5-10H2,1-4H3.